The third kappa shape index (κ3) is 7.97. The van der Waals surface area contributed by atoms with Crippen molar-refractivity contribution in [1.82, 2.24) is 0 Å². The second kappa shape index (κ2) is 14.0. The number of anilines is 2. The molecule has 0 aliphatic heterocycles. The molecule has 0 spiro atoms. The van der Waals surface area contributed by atoms with Crippen LogP contribution in [0.4, 0.5) is 28.9 Å². The minimum Gasteiger partial charge on any atom is -0.495 e. The molecule has 0 fully saturated rings. The Morgan fingerprint density at radius 1 is 0.667 bits per heavy atom. The van der Waals surface area contributed by atoms with Gasteiger partial charge in [-0.3, -0.25) is 9.44 Å². The molecule has 0 saturated carbocycles. The molecule has 2 N–H and O–H groups in total. The summed E-state index contributed by atoms with van der Waals surface area (Å²) in [5.74, 6) is -5.82. The molecular weight excluding hydrogens is 604 g/mol. The van der Waals surface area contributed by atoms with Crippen molar-refractivity contribution in [3.8, 4) is 17.2 Å². The van der Waals surface area contributed by atoms with Crippen LogP contribution in [0.25, 0.3) is 0 Å². The molecule has 0 aromatic heterocycles. The van der Waals surface area contributed by atoms with E-state index in [0.717, 1.165) is 56.3 Å². The van der Waals surface area contributed by atoms with Gasteiger partial charge in [0.1, 0.15) is 33.5 Å². The van der Waals surface area contributed by atoms with Gasteiger partial charge in [0, 0.05) is 24.3 Å². The Morgan fingerprint density at radius 2 is 1.10 bits per heavy atom. The first kappa shape index (κ1) is 32.8. The number of halogens is 4. The first-order chi connectivity index (χ1) is 19.8. The molecule has 0 atom stereocenters. The summed E-state index contributed by atoms with van der Waals surface area (Å²) < 4.78 is 130. The van der Waals surface area contributed by atoms with Crippen LogP contribution in [-0.2, 0) is 20.0 Å². The Labute approximate surface area is 241 Å². The van der Waals surface area contributed by atoms with Crippen molar-refractivity contribution in [3.05, 3.63) is 65.7 Å². The van der Waals surface area contributed by atoms with Gasteiger partial charge in [-0.15, -0.1) is 0 Å². The number of sulfonamides is 2. The second-order valence-corrected chi connectivity index (χ2v) is 12.3. The number of unbranched alkanes of at least 4 members (excludes halogenated alkanes) is 2. The number of benzene rings is 3. The van der Waals surface area contributed by atoms with E-state index in [1.165, 1.54) is 0 Å². The number of methoxy groups -OCH3 is 1. The minimum atomic E-state index is -4.88. The maximum Gasteiger partial charge on any atom is 0.265 e. The first-order valence-electron chi connectivity index (χ1n) is 12.8. The van der Waals surface area contributed by atoms with Crippen LogP contribution in [0.5, 0.6) is 17.2 Å². The molecule has 15 heteroatoms. The van der Waals surface area contributed by atoms with E-state index >= 15 is 0 Å². The van der Waals surface area contributed by atoms with Crippen molar-refractivity contribution in [2.75, 3.05) is 29.8 Å². The van der Waals surface area contributed by atoms with E-state index in [1.807, 2.05) is 13.8 Å². The van der Waals surface area contributed by atoms with Gasteiger partial charge >= 0.3 is 0 Å². The standard InChI is InChI=1S/C27H30F4N2O7S2/c1-4-6-10-39-17-12-20(28)26(21(29)13-17)32-41(34,35)19-8-9-24(38-3)25(16-19)42(36,37)33-27-22(30)14-18(15-23(27)31)40-11-7-5-2/h8-9,12-16,32-33H,4-7,10-11H2,1-3H3. The fourth-order valence-electron chi connectivity index (χ4n) is 3.55. The molecule has 42 heavy (non-hydrogen) atoms. The van der Waals surface area contributed by atoms with Crippen LogP contribution in [0.3, 0.4) is 0 Å². The lowest BCUT2D eigenvalue weighted by Crippen LogP contribution is -2.19. The molecular formula is C27H30F4N2O7S2. The van der Waals surface area contributed by atoms with Crippen LogP contribution >= 0.6 is 0 Å². The Morgan fingerprint density at radius 3 is 1.50 bits per heavy atom. The van der Waals surface area contributed by atoms with Gasteiger partial charge in [0.25, 0.3) is 20.0 Å². The topological polar surface area (TPSA) is 120 Å². The molecule has 0 radical (unpaired) electrons. The van der Waals surface area contributed by atoms with E-state index in [2.05, 4.69) is 0 Å². The van der Waals surface area contributed by atoms with E-state index in [0.29, 0.717) is 18.9 Å². The van der Waals surface area contributed by atoms with E-state index in [-0.39, 0.29) is 30.5 Å². The lowest BCUT2D eigenvalue weighted by atomic mass is 10.3. The van der Waals surface area contributed by atoms with Crippen LogP contribution < -0.4 is 23.7 Å². The smallest absolute Gasteiger partial charge is 0.265 e. The molecule has 0 aliphatic carbocycles. The van der Waals surface area contributed by atoms with Crippen LogP contribution in [0, 0.1) is 23.3 Å². The van der Waals surface area contributed by atoms with Crippen molar-refractivity contribution < 1.29 is 48.6 Å². The average Bonchev–Trinajstić information content (AvgIpc) is 2.93. The maximum atomic E-state index is 14.7. The Bertz CT molecular complexity index is 1590. The van der Waals surface area contributed by atoms with Crippen molar-refractivity contribution in [2.24, 2.45) is 0 Å². The van der Waals surface area contributed by atoms with E-state index in [1.54, 1.807) is 9.44 Å². The summed E-state index contributed by atoms with van der Waals surface area (Å²) in [4.78, 5) is -1.57. The predicted molar refractivity (Wildman–Crippen MR) is 148 cm³/mol. The monoisotopic (exact) mass is 634 g/mol. The number of rotatable bonds is 15. The van der Waals surface area contributed by atoms with Gasteiger partial charge in [-0.25, -0.2) is 34.4 Å². The number of hydrogen-bond acceptors (Lipinski definition) is 7. The molecule has 0 saturated heterocycles. The summed E-state index contributed by atoms with van der Waals surface area (Å²) in [6, 6.07) is 5.67. The molecule has 0 amide bonds. The van der Waals surface area contributed by atoms with Crippen molar-refractivity contribution >= 4 is 31.4 Å². The number of nitrogens with one attached hydrogen (secondary N) is 2. The zero-order valence-corrected chi connectivity index (χ0v) is 24.6. The number of ether oxygens (including phenoxy) is 3. The zero-order chi connectivity index (χ0) is 31.1. The predicted octanol–water partition coefficient (Wildman–Crippen LogP) is 6.21. The fourth-order valence-corrected chi connectivity index (χ4v) is 6.00. The quantitative estimate of drug-likeness (QED) is 0.151. The fraction of sp³-hybridized carbons (Fsp3) is 0.333. The molecule has 3 aromatic rings. The molecule has 230 valence electrons. The molecule has 3 rings (SSSR count). The summed E-state index contributed by atoms with van der Waals surface area (Å²) in [6.45, 7) is 4.18. The largest absolute Gasteiger partial charge is 0.495 e. The molecule has 0 heterocycles. The van der Waals surface area contributed by atoms with Gasteiger partial charge in [-0.2, -0.15) is 0 Å². The molecule has 0 aliphatic rings. The Balaban J connectivity index is 1.93. The third-order valence-electron chi connectivity index (χ3n) is 5.77. The average molecular weight is 635 g/mol. The normalized spacial score (nSPS) is 11.7. The van der Waals surface area contributed by atoms with Gasteiger partial charge in [0.15, 0.2) is 23.3 Å². The van der Waals surface area contributed by atoms with Crippen LogP contribution in [0.15, 0.2) is 52.3 Å². The molecule has 0 unspecified atom stereocenters. The number of hydrogen-bond donors (Lipinski definition) is 2. The Kier molecular flexibility index (Phi) is 10.9. The highest BCUT2D eigenvalue weighted by Crippen LogP contribution is 2.33. The summed E-state index contributed by atoms with van der Waals surface area (Å²) in [6.07, 6.45) is 2.82. The summed E-state index contributed by atoms with van der Waals surface area (Å²) in [5.41, 5.74) is -2.07. The molecule has 9 nitrogen and oxygen atoms in total. The van der Waals surface area contributed by atoms with Crippen molar-refractivity contribution in [3.63, 3.8) is 0 Å². The zero-order valence-electron chi connectivity index (χ0n) is 23.0. The van der Waals surface area contributed by atoms with Crippen LogP contribution in [0.1, 0.15) is 39.5 Å². The summed E-state index contributed by atoms with van der Waals surface area (Å²) >= 11 is 0. The van der Waals surface area contributed by atoms with Crippen LogP contribution in [0.2, 0.25) is 0 Å². The summed E-state index contributed by atoms with van der Waals surface area (Å²) in [7, 11) is -8.58. The Hall–Kier alpha value is -3.72. The molecule has 0 bridgehead atoms. The van der Waals surface area contributed by atoms with Gasteiger partial charge in [-0.1, -0.05) is 26.7 Å². The maximum absolute atomic E-state index is 14.7. The minimum absolute atomic E-state index is 0.148. The second-order valence-electron chi connectivity index (χ2n) is 8.95. The highest BCUT2D eigenvalue weighted by atomic mass is 32.2. The van der Waals surface area contributed by atoms with E-state index in [4.69, 9.17) is 14.2 Å². The van der Waals surface area contributed by atoms with E-state index in [9.17, 15) is 34.4 Å². The lowest BCUT2D eigenvalue weighted by molar-refractivity contribution is 0.306. The SMILES string of the molecule is CCCCOc1cc(F)c(NS(=O)(=O)c2ccc(OC)c(S(=O)(=O)Nc3c(F)cc(OCCCC)cc3F)c2)c(F)c1. The highest BCUT2D eigenvalue weighted by molar-refractivity contribution is 7.93. The van der Waals surface area contributed by atoms with Crippen LogP contribution in [-0.4, -0.2) is 37.2 Å². The third-order valence-corrected chi connectivity index (χ3v) is 8.49. The van der Waals surface area contributed by atoms with Crippen molar-refractivity contribution in [2.45, 2.75) is 49.3 Å². The van der Waals surface area contributed by atoms with E-state index < -0.39 is 64.5 Å². The van der Waals surface area contributed by atoms with Gasteiger partial charge in [0.05, 0.1) is 25.2 Å². The summed E-state index contributed by atoms with van der Waals surface area (Å²) in [5, 5.41) is 0. The highest BCUT2D eigenvalue weighted by Gasteiger charge is 2.28. The van der Waals surface area contributed by atoms with Gasteiger partial charge in [0.2, 0.25) is 0 Å². The van der Waals surface area contributed by atoms with Gasteiger partial charge < -0.3 is 14.2 Å². The molecule has 3 aromatic carbocycles. The first-order valence-corrected chi connectivity index (χ1v) is 15.8. The van der Waals surface area contributed by atoms with Crippen molar-refractivity contribution in [1.29, 1.82) is 0 Å². The van der Waals surface area contributed by atoms with Gasteiger partial charge in [-0.05, 0) is 31.0 Å². The lowest BCUT2D eigenvalue weighted by Gasteiger charge is -2.16.